The van der Waals surface area contributed by atoms with E-state index >= 15 is 0 Å². The Kier molecular flexibility index (Phi) is 23.8. The van der Waals surface area contributed by atoms with Gasteiger partial charge in [-0.05, 0) is 114 Å². The molecule has 10 nitrogen and oxygen atoms in total. The van der Waals surface area contributed by atoms with Gasteiger partial charge in [-0.1, -0.05) is 53.4 Å². The Morgan fingerprint density at radius 3 is 1.57 bits per heavy atom. The van der Waals surface area contributed by atoms with Crippen molar-refractivity contribution in [3.63, 3.8) is 0 Å². The molecule has 58 heavy (non-hydrogen) atoms. The van der Waals surface area contributed by atoms with Gasteiger partial charge in [-0.25, -0.2) is 18.4 Å². The van der Waals surface area contributed by atoms with Crippen molar-refractivity contribution in [1.29, 1.82) is 0 Å². The van der Waals surface area contributed by atoms with Crippen LogP contribution in [0.25, 0.3) is 11.1 Å². The number of unbranched alkanes of at least 4 members (excludes halogenated alkanes) is 4. The number of hydrogen-bond donors (Lipinski definition) is 2. The molecule has 0 saturated heterocycles. The van der Waals surface area contributed by atoms with Crippen LogP contribution in [0.1, 0.15) is 99.8 Å². The largest absolute Gasteiger partial charge is 0.497 e. The van der Waals surface area contributed by atoms with Crippen LogP contribution in [0, 0.1) is 11.6 Å². The predicted octanol–water partition coefficient (Wildman–Crippen LogP) is 9.74. The van der Waals surface area contributed by atoms with Crippen molar-refractivity contribution in [2.45, 2.75) is 79.1 Å². The number of halogens is 3. The topological polar surface area (TPSA) is 130 Å². The lowest BCUT2D eigenvalue weighted by Gasteiger charge is -2.14. The van der Waals surface area contributed by atoms with E-state index in [-0.39, 0.29) is 17.2 Å². The fourth-order valence-electron chi connectivity index (χ4n) is 4.85. The molecule has 4 aromatic carbocycles. The number of carbonyl (C=O) groups excluding carboxylic acids is 2. The van der Waals surface area contributed by atoms with Crippen LogP contribution in [0.5, 0.6) is 23.0 Å². The Hall–Kier alpha value is -4.66. The second kappa shape index (κ2) is 27.9. The minimum atomic E-state index is -1.81. The van der Waals surface area contributed by atoms with Gasteiger partial charge in [-0.15, -0.1) is 0 Å². The summed E-state index contributed by atoms with van der Waals surface area (Å²) in [6.45, 7) is 10.3. The number of rotatable bonds is 20. The summed E-state index contributed by atoms with van der Waals surface area (Å²) in [5.74, 6) is 0.357. The molecule has 0 aromatic heterocycles. The van der Waals surface area contributed by atoms with Crippen molar-refractivity contribution in [2.75, 3.05) is 40.6 Å². The molecular weight excluding hydrogens is 817 g/mol. The first-order chi connectivity index (χ1) is 27.9. The molecule has 0 spiro atoms. The average Bonchev–Trinajstić information content (AvgIpc) is 3.22. The predicted molar refractivity (Wildman–Crippen MR) is 226 cm³/mol. The average molecular weight is 874 g/mol. The maximum absolute atomic E-state index is 14.4. The van der Waals surface area contributed by atoms with Crippen LogP contribution in [-0.4, -0.2) is 69.8 Å². The van der Waals surface area contributed by atoms with Crippen molar-refractivity contribution in [2.24, 2.45) is 0 Å². The molecule has 14 heteroatoms. The Labute approximate surface area is 350 Å². The van der Waals surface area contributed by atoms with Crippen LogP contribution in [0.3, 0.4) is 0 Å². The van der Waals surface area contributed by atoms with Gasteiger partial charge in [-0.3, -0.25) is 0 Å². The van der Waals surface area contributed by atoms with Gasteiger partial charge in [0.2, 0.25) is 0 Å². The Bertz CT molecular complexity index is 1840. The van der Waals surface area contributed by atoms with E-state index in [2.05, 4.69) is 36.7 Å². The van der Waals surface area contributed by atoms with Crippen molar-refractivity contribution >= 4 is 40.4 Å². The van der Waals surface area contributed by atoms with E-state index in [1.807, 2.05) is 13.0 Å². The molecule has 0 atom stereocenters. The van der Waals surface area contributed by atoms with Crippen LogP contribution >= 0.6 is 15.9 Å². The van der Waals surface area contributed by atoms with Gasteiger partial charge < -0.3 is 38.5 Å². The Balaban J connectivity index is 0.000000325. The van der Waals surface area contributed by atoms with E-state index in [9.17, 15) is 18.4 Å². The quantitative estimate of drug-likeness (QED) is 0.0503. The van der Waals surface area contributed by atoms with E-state index in [1.165, 1.54) is 32.4 Å². The van der Waals surface area contributed by atoms with Crippen molar-refractivity contribution in [1.82, 2.24) is 0 Å². The molecule has 0 saturated carbocycles. The van der Waals surface area contributed by atoms with E-state index < -0.39 is 18.9 Å². The Morgan fingerprint density at radius 1 is 0.586 bits per heavy atom. The van der Waals surface area contributed by atoms with Crippen LogP contribution in [0.4, 0.5) is 8.78 Å². The number of carbonyl (C=O) groups is 2. The van der Waals surface area contributed by atoms with Crippen molar-refractivity contribution < 1.29 is 56.8 Å². The van der Waals surface area contributed by atoms with Crippen LogP contribution in [-0.2, 0) is 9.47 Å². The summed E-state index contributed by atoms with van der Waals surface area (Å²) in [6, 6.07) is 18.5. The first-order valence-electron chi connectivity index (χ1n) is 19.5. The lowest BCUT2D eigenvalue weighted by molar-refractivity contribution is 0.0490. The van der Waals surface area contributed by atoms with E-state index in [0.717, 1.165) is 61.9 Å². The summed E-state index contributed by atoms with van der Waals surface area (Å²) in [6.07, 6.45) is 7.59. The maximum Gasteiger partial charge on any atom is 0.491 e. The molecule has 0 unspecified atom stereocenters. The fourth-order valence-corrected chi connectivity index (χ4v) is 5.22. The van der Waals surface area contributed by atoms with Gasteiger partial charge in [-0.2, -0.15) is 0 Å². The van der Waals surface area contributed by atoms with Gasteiger partial charge in [0, 0.05) is 16.6 Å². The smallest absolute Gasteiger partial charge is 0.491 e. The number of esters is 2. The van der Waals surface area contributed by atoms with Gasteiger partial charge in [0.05, 0.1) is 56.2 Å². The van der Waals surface area contributed by atoms with Gasteiger partial charge in [0.25, 0.3) is 0 Å². The van der Waals surface area contributed by atoms with Crippen molar-refractivity contribution in [3.05, 3.63) is 100 Å². The monoisotopic (exact) mass is 872 g/mol. The normalized spacial score (nSPS) is 10.3. The fraction of sp³-hybridized carbons (Fsp3) is 0.409. The Morgan fingerprint density at radius 2 is 1.05 bits per heavy atom. The van der Waals surface area contributed by atoms with E-state index in [0.29, 0.717) is 71.7 Å². The number of ether oxygens (including phenoxy) is 6. The number of hydrogen-bond acceptors (Lipinski definition) is 10. The van der Waals surface area contributed by atoms with Gasteiger partial charge in [0.1, 0.15) is 34.6 Å². The highest BCUT2D eigenvalue weighted by molar-refractivity contribution is 9.10. The standard InChI is InChI=1S/C22H27FO4.C15H21BrO3.C7H8BFO3/c1-4-6-12-26-21-14-16(22(24)27-13-7-5-2)8-10-18(21)19-15-17(25-3)9-11-20(19)23;1-3-5-9-18-14-11-12(7-8-13(14)16)15(17)19-10-6-4-2;1-12-5-2-3-7(9)6(4-5)8(10)11/h8-11,14-15H,4-7,12-13H2,1-3H3;7-8,11H,3-6,9-10H2,1-2H3;2-4,10-11H,1H3. The molecule has 4 rings (SSSR count). The summed E-state index contributed by atoms with van der Waals surface area (Å²) >= 11 is 3.42. The first-order valence-corrected chi connectivity index (χ1v) is 20.3. The molecule has 0 aliphatic carbocycles. The van der Waals surface area contributed by atoms with E-state index in [1.54, 1.807) is 42.5 Å². The number of methoxy groups -OCH3 is 2. The zero-order valence-corrected chi connectivity index (χ0v) is 35.9. The third-order valence-corrected chi connectivity index (χ3v) is 8.96. The lowest BCUT2D eigenvalue weighted by Crippen LogP contribution is -2.32. The van der Waals surface area contributed by atoms with Gasteiger partial charge in [0.15, 0.2) is 0 Å². The highest BCUT2D eigenvalue weighted by Crippen LogP contribution is 2.35. The van der Waals surface area contributed by atoms with Crippen LogP contribution in [0.15, 0.2) is 77.3 Å². The number of benzene rings is 4. The summed E-state index contributed by atoms with van der Waals surface area (Å²) in [5.41, 5.74) is 1.68. The molecule has 0 amide bonds. The summed E-state index contributed by atoms with van der Waals surface area (Å²) in [7, 11) is 1.14. The second-order valence-electron chi connectivity index (χ2n) is 12.8. The molecule has 2 N–H and O–H groups in total. The first kappa shape index (κ1) is 49.5. The molecular formula is C44H56BBrF2O10. The second-order valence-corrected chi connectivity index (χ2v) is 13.7. The minimum absolute atomic E-state index is 0.186. The molecule has 316 valence electrons. The SMILES string of the molecule is CCCCOC(=O)c1ccc(-c2cc(OC)ccc2F)c(OCCCC)c1.CCCCOC(=O)c1ccc(Br)c(OCCCC)c1.COc1ccc(F)c(B(O)O)c1. The minimum Gasteiger partial charge on any atom is -0.497 e. The molecule has 0 aliphatic rings. The van der Waals surface area contributed by atoms with Gasteiger partial charge >= 0.3 is 19.1 Å². The van der Waals surface area contributed by atoms with Crippen molar-refractivity contribution in [3.8, 4) is 34.1 Å². The molecule has 0 fully saturated rings. The summed E-state index contributed by atoms with van der Waals surface area (Å²) in [5, 5.41) is 17.4. The molecule has 0 aliphatic heterocycles. The molecule has 0 heterocycles. The van der Waals surface area contributed by atoms with Crippen LogP contribution < -0.4 is 24.4 Å². The highest BCUT2D eigenvalue weighted by Gasteiger charge is 2.18. The third-order valence-electron chi connectivity index (χ3n) is 8.30. The molecule has 4 aromatic rings. The zero-order chi connectivity index (χ0) is 42.9. The summed E-state index contributed by atoms with van der Waals surface area (Å²) in [4.78, 5) is 24.1. The van der Waals surface area contributed by atoms with Crippen LogP contribution in [0.2, 0.25) is 0 Å². The molecule has 0 radical (unpaired) electrons. The lowest BCUT2D eigenvalue weighted by atomic mass is 9.80. The van der Waals surface area contributed by atoms with E-state index in [4.69, 9.17) is 38.5 Å². The maximum atomic E-state index is 14.4. The third kappa shape index (κ3) is 17.1. The highest BCUT2D eigenvalue weighted by atomic mass is 79.9. The zero-order valence-electron chi connectivity index (χ0n) is 34.3. The molecule has 0 bridgehead atoms. The summed E-state index contributed by atoms with van der Waals surface area (Å²) < 4.78 is 60.0.